The van der Waals surface area contributed by atoms with Crippen molar-refractivity contribution in [2.45, 2.75) is 19.4 Å². The third kappa shape index (κ3) is 2.44. The molecule has 3 nitrogen and oxygen atoms in total. The zero-order chi connectivity index (χ0) is 11.4. The van der Waals surface area contributed by atoms with Crippen LogP contribution in [0.5, 0.6) is 0 Å². The van der Waals surface area contributed by atoms with E-state index in [1.54, 1.807) is 6.07 Å². The van der Waals surface area contributed by atoms with Crippen molar-refractivity contribution in [1.82, 2.24) is 4.98 Å². The zero-order valence-corrected chi connectivity index (χ0v) is 7.67. The summed E-state index contributed by atoms with van der Waals surface area (Å²) in [6.07, 6.45) is -3.09. The lowest BCUT2D eigenvalue weighted by Crippen LogP contribution is -2.09. The van der Waals surface area contributed by atoms with Gasteiger partial charge < -0.3 is 5.73 Å². The average Bonchev–Trinajstić information content (AvgIpc) is 2.19. The summed E-state index contributed by atoms with van der Waals surface area (Å²) < 4.78 is 37.8. The molecule has 1 aromatic heterocycles. The normalized spacial score (nSPS) is 10.4. The van der Waals surface area contributed by atoms with Gasteiger partial charge in [0.15, 0.2) is 0 Å². The fourth-order valence-electron chi connectivity index (χ4n) is 1.26. The molecule has 0 spiro atoms. The van der Waals surface area contributed by atoms with Crippen LogP contribution < -0.4 is 5.73 Å². The molecule has 1 heterocycles. The average molecular weight is 215 g/mol. The number of hydrogen-bond donors (Lipinski definition) is 1. The lowest BCUT2D eigenvalue weighted by Gasteiger charge is -2.09. The Morgan fingerprint density at radius 3 is 2.67 bits per heavy atom. The van der Waals surface area contributed by atoms with E-state index < -0.39 is 17.9 Å². The summed E-state index contributed by atoms with van der Waals surface area (Å²) >= 11 is 0. The molecule has 1 rings (SSSR count). The molecule has 0 radical (unpaired) electrons. The number of alkyl halides is 2. The fraction of sp³-hybridized carbons (Fsp3) is 0.333. The van der Waals surface area contributed by atoms with Crippen LogP contribution in [0.4, 0.5) is 13.2 Å². The van der Waals surface area contributed by atoms with Gasteiger partial charge in [-0.1, -0.05) is 0 Å². The van der Waals surface area contributed by atoms with Crippen LogP contribution in [-0.2, 0) is 13.0 Å². The van der Waals surface area contributed by atoms with Crippen LogP contribution in [0.1, 0.15) is 23.2 Å². The molecule has 1 aromatic rings. The third-order valence-corrected chi connectivity index (χ3v) is 1.90. The van der Waals surface area contributed by atoms with Crippen molar-refractivity contribution in [3.8, 4) is 6.07 Å². The third-order valence-electron chi connectivity index (χ3n) is 1.90. The van der Waals surface area contributed by atoms with Crippen LogP contribution in [0.15, 0.2) is 6.07 Å². The Kier molecular flexibility index (Phi) is 3.63. The smallest absolute Gasteiger partial charge is 0.264 e. The highest BCUT2D eigenvalue weighted by Crippen LogP contribution is 2.25. The highest BCUT2D eigenvalue weighted by molar-refractivity contribution is 5.33. The fourth-order valence-corrected chi connectivity index (χ4v) is 1.26. The Morgan fingerprint density at radius 2 is 2.20 bits per heavy atom. The van der Waals surface area contributed by atoms with Crippen LogP contribution >= 0.6 is 0 Å². The van der Waals surface area contributed by atoms with Crippen molar-refractivity contribution in [2.24, 2.45) is 5.73 Å². The summed E-state index contributed by atoms with van der Waals surface area (Å²) in [5.74, 6) is -1.01. The number of hydrogen-bond acceptors (Lipinski definition) is 3. The molecule has 0 aliphatic heterocycles. The van der Waals surface area contributed by atoms with Crippen LogP contribution in [0, 0.1) is 17.3 Å². The number of nitrogens with two attached hydrogens (primary N) is 1. The molecule has 0 saturated heterocycles. The molecule has 0 fully saturated rings. The molecule has 0 aliphatic rings. The van der Waals surface area contributed by atoms with Crippen LogP contribution in [0.25, 0.3) is 0 Å². The lowest BCUT2D eigenvalue weighted by molar-refractivity contribution is 0.149. The maximum Gasteiger partial charge on any atom is 0.264 e. The van der Waals surface area contributed by atoms with Gasteiger partial charge in [-0.15, -0.1) is 0 Å². The first-order chi connectivity index (χ1) is 7.10. The highest BCUT2D eigenvalue weighted by Gasteiger charge is 2.18. The molecular formula is C9H8F3N3. The summed E-state index contributed by atoms with van der Waals surface area (Å²) in [6, 6.07) is 2.36. The minimum Gasteiger partial charge on any atom is -0.325 e. The second-order valence-electron chi connectivity index (χ2n) is 2.80. The molecule has 2 N–H and O–H groups in total. The Balaban J connectivity index is 3.34. The van der Waals surface area contributed by atoms with Crippen molar-refractivity contribution in [2.75, 3.05) is 0 Å². The van der Waals surface area contributed by atoms with Gasteiger partial charge in [-0.2, -0.15) is 9.65 Å². The Morgan fingerprint density at radius 1 is 1.53 bits per heavy atom. The topological polar surface area (TPSA) is 62.7 Å². The molecule has 0 amide bonds. The van der Waals surface area contributed by atoms with Gasteiger partial charge in [0.05, 0.1) is 18.2 Å². The lowest BCUT2D eigenvalue weighted by atomic mass is 10.0. The van der Waals surface area contributed by atoms with E-state index in [0.29, 0.717) is 6.07 Å². The maximum absolute atomic E-state index is 12.8. The summed E-state index contributed by atoms with van der Waals surface area (Å²) in [5.41, 5.74) is 4.76. The number of halogens is 3. The molecule has 0 aromatic carbocycles. The summed E-state index contributed by atoms with van der Waals surface area (Å²) in [4.78, 5) is 3.38. The van der Waals surface area contributed by atoms with Gasteiger partial charge in [0.1, 0.15) is 0 Å². The van der Waals surface area contributed by atoms with Gasteiger partial charge in [0.2, 0.25) is 5.95 Å². The van der Waals surface area contributed by atoms with Crippen molar-refractivity contribution in [3.63, 3.8) is 0 Å². The Hall–Kier alpha value is -1.61. The predicted octanol–water partition coefficient (Wildman–Crippen LogP) is 1.68. The van der Waals surface area contributed by atoms with Crippen LogP contribution in [-0.4, -0.2) is 4.98 Å². The standard InChI is InChI=1S/C9H8F3N3/c10-8-3-6(9(11)12)5(1-2-13)7(4-14)15-8/h3,9H,1,4,14H2. The van der Waals surface area contributed by atoms with Crippen LogP contribution in [0.2, 0.25) is 0 Å². The number of rotatable bonds is 3. The van der Waals surface area contributed by atoms with E-state index in [9.17, 15) is 13.2 Å². The van der Waals surface area contributed by atoms with E-state index in [0.717, 1.165) is 0 Å². The molecule has 0 atom stereocenters. The van der Waals surface area contributed by atoms with Crippen LogP contribution in [0.3, 0.4) is 0 Å². The summed E-state index contributed by atoms with van der Waals surface area (Å²) in [5, 5.41) is 8.46. The molecule has 0 saturated carbocycles. The summed E-state index contributed by atoms with van der Waals surface area (Å²) in [6.45, 7) is -0.172. The first-order valence-electron chi connectivity index (χ1n) is 4.13. The van der Waals surface area contributed by atoms with E-state index in [1.807, 2.05) is 0 Å². The number of nitrogens with zero attached hydrogens (tertiary/aromatic N) is 2. The van der Waals surface area contributed by atoms with E-state index in [4.69, 9.17) is 11.0 Å². The quantitative estimate of drug-likeness (QED) is 0.780. The molecule has 0 unspecified atom stereocenters. The second kappa shape index (κ2) is 4.75. The molecule has 0 bridgehead atoms. The summed E-state index contributed by atoms with van der Waals surface area (Å²) in [7, 11) is 0. The van der Waals surface area contributed by atoms with Gasteiger partial charge in [-0.05, 0) is 5.56 Å². The van der Waals surface area contributed by atoms with Crippen molar-refractivity contribution in [1.29, 1.82) is 5.26 Å². The van der Waals surface area contributed by atoms with Gasteiger partial charge >= 0.3 is 0 Å². The van der Waals surface area contributed by atoms with Crippen molar-refractivity contribution < 1.29 is 13.2 Å². The van der Waals surface area contributed by atoms with Gasteiger partial charge in [-0.25, -0.2) is 13.8 Å². The minimum absolute atomic E-state index is 0.00634. The Labute approximate surface area is 84.3 Å². The van der Waals surface area contributed by atoms with Crippen molar-refractivity contribution in [3.05, 3.63) is 28.8 Å². The van der Waals surface area contributed by atoms with Gasteiger partial charge in [0, 0.05) is 18.2 Å². The van der Waals surface area contributed by atoms with E-state index >= 15 is 0 Å². The molecular weight excluding hydrogens is 207 g/mol. The SMILES string of the molecule is N#CCc1c(C(F)F)cc(F)nc1CN. The number of nitriles is 1. The monoisotopic (exact) mass is 215 g/mol. The molecule has 15 heavy (non-hydrogen) atoms. The van der Waals surface area contributed by atoms with E-state index in [1.165, 1.54) is 0 Å². The maximum atomic E-state index is 12.8. The minimum atomic E-state index is -2.84. The second-order valence-corrected chi connectivity index (χ2v) is 2.80. The first kappa shape index (κ1) is 11.5. The first-order valence-corrected chi connectivity index (χ1v) is 4.13. The number of pyridine rings is 1. The van der Waals surface area contributed by atoms with Gasteiger partial charge in [-0.3, -0.25) is 0 Å². The molecule has 6 heteroatoms. The Bertz CT molecular complexity index is 398. The van der Waals surface area contributed by atoms with Crippen molar-refractivity contribution >= 4 is 0 Å². The largest absolute Gasteiger partial charge is 0.325 e. The molecule has 80 valence electrons. The van der Waals surface area contributed by atoms with E-state index in [2.05, 4.69) is 4.98 Å². The molecule has 0 aliphatic carbocycles. The zero-order valence-electron chi connectivity index (χ0n) is 7.67. The van der Waals surface area contributed by atoms with Gasteiger partial charge in [0.25, 0.3) is 6.43 Å². The van der Waals surface area contributed by atoms with E-state index in [-0.39, 0.29) is 24.2 Å². The predicted molar refractivity (Wildman–Crippen MR) is 46.4 cm³/mol. The highest BCUT2D eigenvalue weighted by atomic mass is 19.3. The number of aromatic nitrogens is 1.